The number of aromatic nitrogens is 3. The number of ether oxygens (including phenoxy) is 1. The summed E-state index contributed by atoms with van der Waals surface area (Å²) >= 11 is 6.33. The first-order chi connectivity index (χ1) is 17.9. The highest BCUT2D eigenvalue weighted by molar-refractivity contribution is 6.30. The van der Waals surface area contributed by atoms with Crippen LogP contribution >= 0.6 is 11.6 Å². The molecular weight excluding hydrogens is 488 g/mol. The molecule has 0 atom stereocenters. The van der Waals surface area contributed by atoms with Crippen molar-refractivity contribution >= 4 is 17.5 Å². The Hall–Kier alpha value is -3.97. The summed E-state index contributed by atoms with van der Waals surface area (Å²) in [5.74, 6) is 0.283. The van der Waals surface area contributed by atoms with Gasteiger partial charge in [0.2, 0.25) is 5.75 Å². The lowest BCUT2D eigenvalue weighted by Crippen LogP contribution is -2.46. The lowest BCUT2D eigenvalue weighted by molar-refractivity contribution is 0.0634. The van der Waals surface area contributed by atoms with Crippen LogP contribution in [0.1, 0.15) is 41.3 Å². The lowest BCUT2D eigenvalue weighted by atomic mass is 9.98. The predicted octanol–water partition coefficient (Wildman–Crippen LogP) is 4.99. The number of amides is 1. The van der Waals surface area contributed by atoms with Gasteiger partial charge in [-0.15, -0.1) is 0 Å². The maximum atomic E-state index is 13.6. The van der Waals surface area contributed by atoms with Gasteiger partial charge < -0.3 is 14.2 Å². The molecule has 37 heavy (non-hydrogen) atoms. The molecule has 1 aliphatic heterocycles. The Morgan fingerprint density at radius 1 is 1.00 bits per heavy atom. The quantitative estimate of drug-likeness (QED) is 0.347. The van der Waals surface area contributed by atoms with Gasteiger partial charge in [0.25, 0.3) is 5.91 Å². The van der Waals surface area contributed by atoms with Crippen LogP contribution in [0, 0.1) is 0 Å². The molecule has 0 bridgehead atoms. The zero-order chi connectivity index (χ0) is 25.9. The number of carbonyl (C=O) groups excluding carboxylic acids is 1. The molecule has 0 unspecified atom stereocenters. The van der Waals surface area contributed by atoms with E-state index in [1.807, 2.05) is 79.1 Å². The molecule has 0 N–H and O–H groups in total. The van der Waals surface area contributed by atoms with Crippen LogP contribution in [0.2, 0.25) is 5.02 Å². The number of hydrogen-bond acceptors (Lipinski definition) is 5. The molecule has 2 aromatic heterocycles. The molecule has 0 saturated heterocycles. The van der Waals surface area contributed by atoms with Gasteiger partial charge in [0.05, 0.1) is 0 Å². The van der Waals surface area contributed by atoms with Crippen molar-refractivity contribution in [1.82, 2.24) is 19.4 Å². The topological polar surface area (TPSA) is 77.3 Å². The van der Waals surface area contributed by atoms with E-state index in [9.17, 15) is 9.59 Å². The smallest absolute Gasteiger partial charge is 0.316 e. The van der Waals surface area contributed by atoms with Gasteiger partial charge in [-0.2, -0.15) is 4.98 Å². The second-order valence-electron chi connectivity index (χ2n) is 9.24. The van der Waals surface area contributed by atoms with Crippen molar-refractivity contribution in [2.75, 3.05) is 6.54 Å². The third-order valence-electron chi connectivity index (χ3n) is 6.51. The molecule has 188 valence electrons. The molecule has 0 aliphatic carbocycles. The average Bonchev–Trinajstić information content (AvgIpc) is 2.90. The van der Waals surface area contributed by atoms with Gasteiger partial charge in [0.15, 0.2) is 5.69 Å². The van der Waals surface area contributed by atoms with E-state index in [1.54, 1.807) is 17.3 Å². The zero-order valence-corrected chi connectivity index (χ0v) is 21.5. The zero-order valence-electron chi connectivity index (χ0n) is 20.7. The highest BCUT2D eigenvalue weighted by Gasteiger charge is 2.33. The molecule has 8 heteroatoms. The first-order valence-electron chi connectivity index (χ1n) is 12.2. The van der Waals surface area contributed by atoms with E-state index >= 15 is 0 Å². The third kappa shape index (κ3) is 5.13. The minimum Gasteiger partial charge on any atom is -0.481 e. The highest BCUT2D eigenvalue weighted by Crippen LogP contribution is 2.30. The van der Waals surface area contributed by atoms with Gasteiger partial charge in [0, 0.05) is 43.0 Å². The van der Waals surface area contributed by atoms with Crippen LogP contribution < -0.4 is 10.3 Å². The fraction of sp³-hybridized carbons (Fsp3) is 0.241. The van der Waals surface area contributed by atoms with Gasteiger partial charge in [-0.3, -0.25) is 14.6 Å². The summed E-state index contributed by atoms with van der Waals surface area (Å²) in [7, 11) is 0. The fourth-order valence-electron chi connectivity index (χ4n) is 4.64. The molecule has 1 aliphatic rings. The van der Waals surface area contributed by atoms with E-state index in [4.69, 9.17) is 16.3 Å². The SMILES string of the molecule is CC(C)N1CCn2c(Cc3ccc(Cl)cc3-c3ccncc3)nc(=O)c(OCc3ccccc3)c2C1=O. The van der Waals surface area contributed by atoms with E-state index < -0.39 is 5.56 Å². The van der Waals surface area contributed by atoms with Crippen LogP contribution in [-0.4, -0.2) is 37.9 Å². The molecular formula is C29H27ClN4O3. The Morgan fingerprint density at radius 2 is 1.76 bits per heavy atom. The Bertz CT molecular complexity index is 1490. The van der Waals surface area contributed by atoms with Gasteiger partial charge in [-0.25, -0.2) is 0 Å². The molecule has 0 saturated carbocycles. The van der Waals surface area contributed by atoms with Crippen molar-refractivity contribution in [3.63, 3.8) is 0 Å². The number of fused-ring (bicyclic) bond motifs is 1. The van der Waals surface area contributed by atoms with Crippen molar-refractivity contribution in [3.05, 3.63) is 111 Å². The maximum absolute atomic E-state index is 13.6. The van der Waals surface area contributed by atoms with E-state index in [-0.39, 0.29) is 30.0 Å². The summed E-state index contributed by atoms with van der Waals surface area (Å²) in [6.45, 7) is 5.14. The average molecular weight is 515 g/mol. The van der Waals surface area contributed by atoms with Gasteiger partial charge in [-0.05, 0) is 60.4 Å². The van der Waals surface area contributed by atoms with Crippen molar-refractivity contribution in [3.8, 4) is 16.9 Å². The van der Waals surface area contributed by atoms with Gasteiger partial charge in [-0.1, -0.05) is 48.0 Å². The Labute approximate surface area is 220 Å². The van der Waals surface area contributed by atoms with Gasteiger partial charge in [0.1, 0.15) is 12.4 Å². The van der Waals surface area contributed by atoms with Crippen LogP contribution in [0.5, 0.6) is 5.75 Å². The van der Waals surface area contributed by atoms with Crippen molar-refractivity contribution in [2.45, 2.75) is 39.5 Å². The summed E-state index contributed by atoms with van der Waals surface area (Å²) in [6.07, 6.45) is 3.80. The molecule has 1 amide bonds. The number of benzene rings is 2. The van der Waals surface area contributed by atoms with Crippen molar-refractivity contribution < 1.29 is 9.53 Å². The van der Waals surface area contributed by atoms with E-state index in [0.29, 0.717) is 30.4 Å². The summed E-state index contributed by atoms with van der Waals surface area (Å²) in [4.78, 5) is 37.2. The monoisotopic (exact) mass is 514 g/mol. The minimum absolute atomic E-state index is 0.00610. The molecule has 4 aromatic rings. The first-order valence-corrected chi connectivity index (χ1v) is 12.6. The molecule has 3 heterocycles. The summed E-state index contributed by atoms with van der Waals surface area (Å²) in [6, 6.07) is 19.0. The Kier molecular flexibility index (Phi) is 7.06. The Balaban J connectivity index is 1.59. The molecule has 0 fully saturated rings. The number of pyridine rings is 1. The van der Waals surface area contributed by atoms with Crippen LogP contribution in [0.25, 0.3) is 11.1 Å². The molecule has 0 radical (unpaired) electrons. The first kappa shape index (κ1) is 24.7. The van der Waals surface area contributed by atoms with Crippen molar-refractivity contribution in [1.29, 1.82) is 0 Å². The third-order valence-corrected chi connectivity index (χ3v) is 6.75. The maximum Gasteiger partial charge on any atom is 0.316 e. The van der Waals surface area contributed by atoms with Crippen LogP contribution in [-0.2, 0) is 19.6 Å². The number of hydrogen-bond donors (Lipinski definition) is 0. The summed E-state index contributed by atoms with van der Waals surface area (Å²) in [5.41, 5.74) is 3.43. The molecule has 0 spiro atoms. The fourth-order valence-corrected chi connectivity index (χ4v) is 4.81. The number of nitrogens with zero attached hydrogens (tertiary/aromatic N) is 4. The van der Waals surface area contributed by atoms with Crippen molar-refractivity contribution in [2.24, 2.45) is 0 Å². The van der Waals surface area contributed by atoms with Crippen LogP contribution in [0.3, 0.4) is 0 Å². The normalized spacial score (nSPS) is 13.1. The number of halogens is 1. The van der Waals surface area contributed by atoms with Crippen LogP contribution in [0.15, 0.2) is 77.9 Å². The standard InChI is InChI=1S/C29H27ClN4O3/c1-19(2)33-14-15-34-25(16-22-8-9-23(30)17-24(22)21-10-12-31-13-11-21)32-28(35)27(26(34)29(33)36)37-18-20-6-4-3-5-7-20/h3-13,17,19H,14-16,18H2,1-2H3. The van der Waals surface area contributed by atoms with E-state index in [2.05, 4.69) is 9.97 Å². The lowest BCUT2D eigenvalue weighted by Gasteiger charge is -2.34. The molecule has 2 aromatic carbocycles. The van der Waals surface area contributed by atoms with Gasteiger partial charge >= 0.3 is 5.56 Å². The largest absolute Gasteiger partial charge is 0.481 e. The predicted molar refractivity (Wildman–Crippen MR) is 143 cm³/mol. The molecule has 7 nitrogen and oxygen atoms in total. The van der Waals surface area contributed by atoms with E-state index in [1.165, 1.54) is 0 Å². The summed E-state index contributed by atoms with van der Waals surface area (Å²) in [5, 5.41) is 0.607. The second-order valence-corrected chi connectivity index (χ2v) is 9.68. The Morgan fingerprint density at radius 3 is 2.49 bits per heavy atom. The highest BCUT2D eigenvalue weighted by atomic mass is 35.5. The summed E-state index contributed by atoms with van der Waals surface area (Å²) < 4.78 is 7.81. The second kappa shape index (κ2) is 10.6. The van der Waals surface area contributed by atoms with E-state index in [0.717, 1.165) is 22.3 Å². The van der Waals surface area contributed by atoms with Crippen LogP contribution in [0.4, 0.5) is 0 Å². The number of rotatable bonds is 7. The minimum atomic E-state index is -0.546. The molecule has 5 rings (SSSR count). The number of carbonyl (C=O) groups is 1.